The minimum Gasteiger partial charge on any atom is -0.375 e. The van der Waals surface area contributed by atoms with Crippen LogP contribution in [0.3, 0.4) is 0 Å². The van der Waals surface area contributed by atoms with Crippen molar-refractivity contribution in [3.8, 4) is 44.6 Å². The van der Waals surface area contributed by atoms with Crippen LogP contribution in [0.5, 0.6) is 0 Å². The largest absolute Gasteiger partial charge is 0.375 e. The van der Waals surface area contributed by atoms with Crippen LogP contribution in [0.1, 0.15) is 76.3 Å². The third-order valence-electron chi connectivity index (χ3n) is 15.1. The first kappa shape index (κ1) is 35.2. The molecule has 0 amide bonds. The van der Waals surface area contributed by atoms with E-state index in [9.17, 15) is 0 Å². The molecule has 13 rings (SSSR count). The van der Waals surface area contributed by atoms with E-state index in [1.54, 1.807) is 0 Å². The van der Waals surface area contributed by atoms with E-state index in [1.165, 1.54) is 122 Å². The van der Waals surface area contributed by atoms with E-state index >= 15 is 0 Å². The standard InChI is InChI=1S/C58H47BN2/c1-56(2,3)36-28-31-47(42(33-36)34-18-9-8-10-19-34)60-48-32-35-20-11-12-21-37(35)49-40-24-17-25-41-51-54(39-23-14-16-27-44(39)58(51,6)7)61(53(40)41)59(52(48)49)46-30-29-45-50(55(46)60)38-22-13-15-26-43(38)57(45,4)5/h8-33H,1-7H3. The molecule has 0 bridgehead atoms. The van der Waals surface area contributed by atoms with Crippen LogP contribution in [0.2, 0.25) is 0 Å². The van der Waals surface area contributed by atoms with Gasteiger partial charge in [-0.25, -0.2) is 0 Å². The topological polar surface area (TPSA) is 8.17 Å². The first-order chi connectivity index (χ1) is 29.5. The van der Waals surface area contributed by atoms with Crippen LogP contribution < -0.4 is 15.8 Å². The molecule has 61 heavy (non-hydrogen) atoms. The van der Waals surface area contributed by atoms with E-state index < -0.39 is 0 Å². The molecule has 292 valence electrons. The van der Waals surface area contributed by atoms with Crippen molar-refractivity contribution in [3.05, 3.63) is 186 Å². The average Bonchev–Trinajstić information content (AvgIpc) is 3.83. The Hall–Kier alpha value is -6.58. The number of aromatic nitrogens is 1. The lowest BCUT2D eigenvalue weighted by Crippen LogP contribution is -2.57. The first-order valence-electron chi connectivity index (χ1n) is 22.1. The number of hydrogen-bond donors (Lipinski definition) is 0. The van der Waals surface area contributed by atoms with E-state index in [-0.39, 0.29) is 23.1 Å². The fraction of sp³-hybridized carbons (Fsp3) is 0.172. The second-order valence-corrected chi connectivity index (χ2v) is 20.1. The molecule has 0 spiro atoms. The summed E-state index contributed by atoms with van der Waals surface area (Å²) in [6.45, 7) is 16.6. The zero-order chi connectivity index (χ0) is 41.3. The Labute approximate surface area is 359 Å². The summed E-state index contributed by atoms with van der Waals surface area (Å²) in [6, 6.07) is 60.6. The molecule has 8 aromatic carbocycles. The highest BCUT2D eigenvalue weighted by Crippen LogP contribution is 2.59. The summed E-state index contributed by atoms with van der Waals surface area (Å²) in [5.74, 6) is 0. The predicted octanol–water partition coefficient (Wildman–Crippen LogP) is 13.8. The van der Waals surface area contributed by atoms with E-state index in [2.05, 4.69) is 216 Å². The number of benzene rings is 8. The average molecular weight is 783 g/mol. The molecule has 3 heteroatoms. The van der Waals surface area contributed by atoms with Gasteiger partial charge in [-0.2, -0.15) is 0 Å². The van der Waals surface area contributed by atoms with Gasteiger partial charge >= 0.3 is 6.85 Å². The second kappa shape index (κ2) is 11.6. The van der Waals surface area contributed by atoms with Gasteiger partial charge in [0.2, 0.25) is 0 Å². The van der Waals surface area contributed by atoms with Gasteiger partial charge < -0.3 is 9.38 Å². The Morgan fingerprint density at radius 3 is 1.97 bits per heavy atom. The molecular weight excluding hydrogens is 735 g/mol. The van der Waals surface area contributed by atoms with Gasteiger partial charge in [-0.15, -0.1) is 0 Å². The molecule has 1 aromatic heterocycles. The maximum atomic E-state index is 2.80. The van der Waals surface area contributed by atoms with Gasteiger partial charge in [-0.3, -0.25) is 0 Å². The summed E-state index contributed by atoms with van der Waals surface area (Å²) in [4.78, 5) is 2.70. The SMILES string of the molecule is CC(C)(C)c1ccc(N2c3cc4ccccc4c4c3B(c3ccc5c(c32)-c2ccccc2C5(C)C)n2c3c(c5cccc-4c52)C(C)(C)c2ccccc2-3)c(-c2ccccc2)c1. The fourth-order valence-corrected chi connectivity index (χ4v) is 12.3. The summed E-state index contributed by atoms with van der Waals surface area (Å²) < 4.78 is 2.80. The normalized spacial score (nSPS) is 15.7. The lowest BCUT2D eigenvalue weighted by Gasteiger charge is -2.43. The summed E-state index contributed by atoms with van der Waals surface area (Å²) in [5, 5.41) is 3.95. The number of para-hydroxylation sites is 1. The van der Waals surface area contributed by atoms with Crippen LogP contribution in [-0.2, 0) is 16.2 Å². The van der Waals surface area contributed by atoms with Gasteiger partial charge in [-0.1, -0.05) is 188 Å². The number of anilines is 3. The van der Waals surface area contributed by atoms with Crippen LogP contribution >= 0.6 is 0 Å². The highest BCUT2D eigenvalue weighted by molar-refractivity contribution is 6.90. The Morgan fingerprint density at radius 1 is 0.508 bits per heavy atom. The molecule has 2 aliphatic heterocycles. The first-order valence-corrected chi connectivity index (χ1v) is 22.1. The maximum absolute atomic E-state index is 2.80. The Bertz CT molecular complexity index is 3410. The van der Waals surface area contributed by atoms with Crippen LogP contribution in [-0.4, -0.2) is 11.3 Å². The van der Waals surface area contributed by atoms with Gasteiger partial charge in [0.15, 0.2) is 0 Å². The molecule has 4 aliphatic rings. The van der Waals surface area contributed by atoms with Crippen molar-refractivity contribution in [2.45, 2.75) is 64.7 Å². The van der Waals surface area contributed by atoms with E-state index in [0.717, 1.165) is 0 Å². The minimum atomic E-state index is -0.163. The van der Waals surface area contributed by atoms with Crippen molar-refractivity contribution in [3.63, 3.8) is 0 Å². The molecular formula is C58H47BN2. The van der Waals surface area contributed by atoms with Gasteiger partial charge in [0.25, 0.3) is 0 Å². The van der Waals surface area contributed by atoms with E-state index in [0.29, 0.717) is 0 Å². The second-order valence-electron chi connectivity index (χ2n) is 20.1. The summed E-state index contributed by atoms with van der Waals surface area (Å²) in [5.41, 5.74) is 25.1. The molecule has 0 unspecified atom stereocenters. The molecule has 9 aromatic rings. The van der Waals surface area contributed by atoms with Crippen molar-refractivity contribution in [2.75, 3.05) is 4.90 Å². The molecule has 0 saturated carbocycles. The molecule has 2 nitrogen and oxygen atoms in total. The zero-order valence-electron chi connectivity index (χ0n) is 36.0. The molecule has 0 atom stereocenters. The van der Waals surface area contributed by atoms with Crippen LogP contribution in [0, 0.1) is 0 Å². The van der Waals surface area contributed by atoms with Crippen LogP contribution in [0.4, 0.5) is 17.1 Å². The summed E-state index contributed by atoms with van der Waals surface area (Å²) in [7, 11) is 0. The fourth-order valence-electron chi connectivity index (χ4n) is 12.3. The molecule has 2 aliphatic carbocycles. The number of nitrogens with zero attached hydrogens (tertiary/aromatic N) is 2. The van der Waals surface area contributed by atoms with E-state index in [1.807, 2.05) is 0 Å². The molecule has 3 heterocycles. The van der Waals surface area contributed by atoms with Gasteiger partial charge in [0.1, 0.15) is 0 Å². The van der Waals surface area contributed by atoms with E-state index in [4.69, 9.17) is 0 Å². The van der Waals surface area contributed by atoms with Gasteiger partial charge in [0.05, 0.1) is 11.4 Å². The van der Waals surface area contributed by atoms with Crippen LogP contribution in [0.15, 0.2) is 158 Å². The van der Waals surface area contributed by atoms with Crippen LogP contribution in [0.25, 0.3) is 66.3 Å². The Balaban J connectivity index is 1.25. The lowest BCUT2D eigenvalue weighted by atomic mass is 9.44. The molecule has 0 N–H and O–H groups in total. The smallest absolute Gasteiger partial charge is 0.333 e. The molecule has 0 fully saturated rings. The zero-order valence-corrected chi connectivity index (χ0v) is 36.0. The number of hydrogen-bond acceptors (Lipinski definition) is 1. The molecule has 0 saturated heterocycles. The van der Waals surface area contributed by atoms with Crippen molar-refractivity contribution in [1.82, 2.24) is 4.48 Å². The number of fused-ring (bicyclic) bond motifs is 15. The number of rotatable bonds is 2. The van der Waals surface area contributed by atoms with Crippen molar-refractivity contribution in [1.29, 1.82) is 0 Å². The van der Waals surface area contributed by atoms with Gasteiger partial charge in [-0.05, 0) is 89.8 Å². The Morgan fingerprint density at radius 2 is 1.18 bits per heavy atom. The lowest BCUT2D eigenvalue weighted by molar-refractivity contribution is 0.590. The Kier molecular flexibility index (Phi) is 6.70. The quantitative estimate of drug-likeness (QED) is 0.159. The predicted molar refractivity (Wildman–Crippen MR) is 259 cm³/mol. The van der Waals surface area contributed by atoms with Gasteiger partial charge in [0, 0.05) is 55.4 Å². The monoisotopic (exact) mass is 782 g/mol. The van der Waals surface area contributed by atoms with Crippen molar-refractivity contribution >= 4 is 56.5 Å². The minimum absolute atomic E-state index is 0.0206. The third kappa shape index (κ3) is 4.34. The highest BCUT2D eigenvalue weighted by Gasteiger charge is 2.50. The maximum Gasteiger partial charge on any atom is 0.333 e. The molecule has 0 radical (unpaired) electrons. The summed E-state index contributed by atoms with van der Waals surface area (Å²) in [6.07, 6.45) is 0. The summed E-state index contributed by atoms with van der Waals surface area (Å²) >= 11 is 0. The highest BCUT2D eigenvalue weighted by atomic mass is 15.2. The van der Waals surface area contributed by atoms with Crippen molar-refractivity contribution < 1.29 is 0 Å². The van der Waals surface area contributed by atoms with Crippen molar-refractivity contribution in [2.24, 2.45) is 0 Å². The third-order valence-corrected chi connectivity index (χ3v) is 15.1.